The molecule has 0 unspecified atom stereocenters. The number of ether oxygens (including phenoxy) is 1. The van der Waals surface area contributed by atoms with Crippen molar-refractivity contribution in [3.05, 3.63) is 53.1 Å². The van der Waals surface area contributed by atoms with Gasteiger partial charge in [-0.2, -0.15) is 0 Å². The lowest BCUT2D eigenvalue weighted by molar-refractivity contribution is 0.304. The number of benzene rings is 2. The predicted molar refractivity (Wildman–Crippen MR) is 95.7 cm³/mol. The third-order valence-electron chi connectivity index (χ3n) is 3.94. The molecule has 0 saturated carbocycles. The maximum atomic E-state index is 13.5. The van der Waals surface area contributed by atoms with E-state index >= 15 is 0 Å². The van der Waals surface area contributed by atoms with Gasteiger partial charge in [0.1, 0.15) is 22.4 Å². The largest absolute Gasteiger partial charge is 0.494 e. The summed E-state index contributed by atoms with van der Waals surface area (Å²) in [6, 6.07) is 9.68. The number of hydrogen-bond acceptors (Lipinski definition) is 1. The lowest BCUT2D eigenvalue weighted by atomic mass is 10.1. The SMILES string of the molecule is CCCCCCCCOc1ccc(-c2cc(F)c(Cl)c(F)c2)cc1. The van der Waals surface area contributed by atoms with Crippen molar-refractivity contribution in [3.8, 4) is 16.9 Å². The molecule has 0 aromatic heterocycles. The van der Waals surface area contributed by atoms with Gasteiger partial charge < -0.3 is 4.74 Å². The van der Waals surface area contributed by atoms with Crippen molar-refractivity contribution < 1.29 is 13.5 Å². The average Bonchev–Trinajstić information content (AvgIpc) is 2.59. The van der Waals surface area contributed by atoms with Gasteiger partial charge >= 0.3 is 0 Å². The van der Waals surface area contributed by atoms with Crippen LogP contribution in [0, 0.1) is 11.6 Å². The average molecular weight is 353 g/mol. The van der Waals surface area contributed by atoms with Crippen LogP contribution in [0.1, 0.15) is 45.4 Å². The third kappa shape index (κ3) is 5.48. The van der Waals surface area contributed by atoms with Gasteiger partial charge in [0, 0.05) is 0 Å². The van der Waals surface area contributed by atoms with Crippen molar-refractivity contribution in [3.63, 3.8) is 0 Å². The zero-order valence-corrected chi connectivity index (χ0v) is 14.7. The summed E-state index contributed by atoms with van der Waals surface area (Å²) in [5.41, 5.74) is 1.17. The van der Waals surface area contributed by atoms with Crippen LogP contribution in [0.25, 0.3) is 11.1 Å². The molecule has 4 heteroatoms. The molecule has 0 aliphatic rings. The fraction of sp³-hybridized carbons (Fsp3) is 0.400. The van der Waals surface area contributed by atoms with Crippen LogP contribution in [0.15, 0.2) is 36.4 Å². The van der Waals surface area contributed by atoms with Crippen molar-refractivity contribution in [1.82, 2.24) is 0 Å². The van der Waals surface area contributed by atoms with Gasteiger partial charge in [-0.1, -0.05) is 62.8 Å². The smallest absolute Gasteiger partial charge is 0.145 e. The van der Waals surface area contributed by atoms with Crippen molar-refractivity contribution in [2.45, 2.75) is 45.4 Å². The van der Waals surface area contributed by atoms with Crippen molar-refractivity contribution in [2.75, 3.05) is 6.61 Å². The Morgan fingerprint density at radius 1 is 0.833 bits per heavy atom. The molecule has 2 rings (SSSR count). The van der Waals surface area contributed by atoms with Crippen LogP contribution in [0.4, 0.5) is 8.78 Å². The van der Waals surface area contributed by atoms with Gasteiger partial charge in [-0.3, -0.25) is 0 Å². The molecule has 2 aromatic rings. The maximum absolute atomic E-state index is 13.5. The minimum atomic E-state index is -0.755. The van der Waals surface area contributed by atoms with Crippen molar-refractivity contribution >= 4 is 11.6 Å². The van der Waals surface area contributed by atoms with Gasteiger partial charge in [-0.25, -0.2) is 8.78 Å². The molecule has 0 radical (unpaired) electrons. The summed E-state index contributed by atoms with van der Waals surface area (Å²) in [4.78, 5) is 0. The standard InChI is InChI=1S/C20H23ClF2O/c1-2-3-4-5-6-7-12-24-17-10-8-15(9-11-17)16-13-18(22)20(21)19(23)14-16/h8-11,13-14H,2-7,12H2,1H3. The highest BCUT2D eigenvalue weighted by molar-refractivity contribution is 6.31. The molecule has 0 heterocycles. The van der Waals surface area contributed by atoms with E-state index < -0.39 is 16.7 Å². The maximum Gasteiger partial charge on any atom is 0.145 e. The number of rotatable bonds is 9. The van der Waals surface area contributed by atoms with E-state index in [1.807, 2.05) is 12.1 Å². The van der Waals surface area contributed by atoms with E-state index in [0.29, 0.717) is 12.2 Å². The molecule has 0 spiro atoms. The molecule has 0 saturated heterocycles. The van der Waals surface area contributed by atoms with Crippen molar-refractivity contribution in [2.24, 2.45) is 0 Å². The van der Waals surface area contributed by atoms with Gasteiger partial charge in [-0.05, 0) is 41.8 Å². The zero-order valence-electron chi connectivity index (χ0n) is 14.0. The van der Waals surface area contributed by atoms with E-state index in [1.54, 1.807) is 12.1 Å². The van der Waals surface area contributed by atoms with Crippen LogP contribution in [-0.2, 0) is 0 Å². The van der Waals surface area contributed by atoms with Crippen LogP contribution in [-0.4, -0.2) is 6.61 Å². The topological polar surface area (TPSA) is 9.23 Å². The molecular weight excluding hydrogens is 330 g/mol. The lowest BCUT2D eigenvalue weighted by Gasteiger charge is -2.08. The van der Waals surface area contributed by atoms with E-state index in [4.69, 9.17) is 16.3 Å². The summed E-state index contributed by atoms with van der Waals surface area (Å²) in [6.07, 6.45) is 7.32. The Kier molecular flexibility index (Phi) is 7.51. The molecule has 1 nitrogen and oxygen atoms in total. The Hall–Kier alpha value is -1.61. The van der Waals surface area contributed by atoms with Gasteiger partial charge in [0.2, 0.25) is 0 Å². The van der Waals surface area contributed by atoms with Crippen LogP contribution in [0.3, 0.4) is 0 Å². The van der Waals surface area contributed by atoms with Crippen LogP contribution < -0.4 is 4.74 Å². The fourth-order valence-corrected chi connectivity index (χ4v) is 2.65. The highest BCUT2D eigenvalue weighted by Gasteiger charge is 2.10. The summed E-state index contributed by atoms with van der Waals surface area (Å²) >= 11 is 5.50. The molecule has 130 valence electrons. The highest BCUT2D eigenvalue weighted by atomic mass is 35.5. The first-order chi connectivity index (χ1) is 11.6. The minimum absolute atomic E-state index is 0.455. The summed E-state index contributed by atoms with van der Waals surface area (Å²) < 4.78 is 32.8. The minimum Gasteiger partial charge on any atom is -0.494 e. The molecule has 2 aromatic carbocycles. The second-order valence-electron chi connectivity index (χ2n) is 5.89. The summed E-state index contributed by atoms with van der Waals surface area (Å²) in [7, 11) is 0. The molecule has 0 atom stereocenters. The second kappa shape index (κ2) is 9.63. The molecule has 0 fully saturated rings. The Morgan fingerprint density at radius 2 is 1.42 bits per heavy atom. The van der Waals surface area contributed by atoms with Gasteiger partial charge in [0.25, 0.3) is 0 Å². The third-order valence-corrected chi connectivity index (χ3v) is 4.30. The van der Waals surface area contributed by atoms with E-state index in [0.717, 1.165) is 17.7 Å². The lowest BCUT2D eigenvalue weighted by Crippen LogP contribution is -1.97. The zero-order chi connectivity index (χ0) is 17.4. The quantitative estimate of drug-likeness (QED) is 0.348. The number of halogens is 3. The first-order valence-corrected chi connectivity index (χ1v) is 8.87. The molecule has 0 aliphatic heterocycles. The Bertz CT molecular complexity index is 618. The van der Waals surface area contributed by atoms with E-state index in [-0.39, 0.29) is 0 Å². The molecule has 24 heavy (non-hydrogen) atoms. The fourth-order valence-electron chi connectivity index (χ4n) is 2.54. The Morgan fingerprint density at radius 3 is 2.04 bits per heavy atom. The molecule has 0 N–H and O–H groups in total. The molecule has 0 bridgehead atoms. The predicted octanol–water partition coefficient (Wildman–Crippen LogP) is 7.02. The first-order valence-electron chi connectivity index (χ1n) is 8.49. The van der Waals surface area contributed by atoms with Crippen LogP contribution >= 0.6 is 11.6 Å². The molecule has 0 aliphatic carbocycles. The normalized spacial score (nSPS) is 10.8. The molecular formula is C20H23ClF2O. The number of hydrogen-bond donors (Lipinski definition) is 0. The van der Waals surface area contributed by atoms with Crippen molar-refractivity contribution in [1.29, 1.82) is 0 Å². The number of unbranched alkanes of at least 4 members (excludes halogenated alkanes) is 5. The molecule has 0 amide bonds. The van der Waals surface area contributed by atoms with Gasteiger partial charge in [0.15, 0.2) is 0 Å². The Labute approximate surface area is 147 Å². The summed E-state index contributed by atoms with van der Waals surface area (Å²) in [6.45, 7) is 2.90. The highest BCUT2D eigenvalue weighted by Crippen LogP contribution is 2.28. The van der Waals surface area contributed by atoms with Crippen LogP contribution in [0.2, 0.25) is 5.02 Å². The van der Waals surface area contributed by atoms with Gasteiger partial charge in [0.05, 0.1) is 6.61 Å². The van der Waals surface area contributed by atoms with E-state index in [1.165, 1.54) is 44.2 Å². The summed E-state index contributed by atoms with van der Waals surface area (Å²) in [5, 5.41) is -0.474. The Balaban J connectivity index is 1.85. The summed E-state index contributed by atoms with van der Waals surface area (Å²) in [5.74, 6) is -0.743. The van der Waals surface area contributed by atoms with E-state index in [9.17, 15) is 8.78 Å². The first kappa shape index (κ1) is 18.7. The van der Waals surface area contributed by atoms with Gasteiger partial charge in [-0.15, -0.1) is 0 Å². The second-order valence-corrected chi connectivity index (χ2v) is 6.27. The van der Waals surface area contributed by atoms with Crippen LogP contribution in [0.5, 0.6) is 5.75 Å². The van der Waals surface area contributed by atoms with E-state index in [2.05, 4.69) is 6.92 Å². The monoisotopic (exact) mass is 352 g/mol.